The van der Waals surface area contributed by atoms with Crippen molar-refractivity contribution >= 4 is 15.7 Å². The molecular formula is C15H21N3O3S. The van der Waals surface area contributed by atoms with Crippen molar-refractivity contribution in [3.8, 4) is 0 Å². The van der Waals surface area contributed by atoms with Gasteiger partial charge in [0.1, 0.15) is 0 Å². The van der Waals surface area contributed by atoms with Gasteiger partial charge in [-0.05, 0) is 25.0 Å². The third-order valence-corrected chi connectivity index (χ3v) is 6.01. The maximum atomic E-state index is 12.6. The van der Waals surface area contributed by atoms with E-state index in [4.69, 9.17) is 0 Å². The predicted molar refractivity (Wildman–Crippen MR) is 83.0 cm³/mol. The van der Waals surface area contributed by atoms with Crippen LogP contribution < -0.4 is 0 Å². The Hall–Kier alpha value is -1.47. The van der Waals surface area contributed by atoms with Crippen LogP contribution >= 0.6 is 0 Å². The summed E-state index contributed by atoms with van der Waals surface area (Å²) < 4.78 is 22.9. The average molecular weight is 323 g/mol. The van der Waals surface area contributed by atoms with E-state index in [1.54, 1.807) is 6.20 Å². The van der Waals surface area contributed by atoms with E-state index in [0.29, 0.717) is 19.6 Å². The molecule has 1 atom stereocenters. The van der Waals surface area contributed by atoms with Crippen LogP contribution in [0.2, 0.25) is 0 Å². The van der Waals surface area contributed by atoms with Crippen LogP contribution in [-0.2, 0) is 14.6 Å². The van der Waals surface area contributed by atoms with Crippen LogP contribution in [0, 0.1) is 0 Å². The number of hydrogen-bond donors (Lipinski definition) is 0. The molecule has 2 fully saturated rings. The Labute approximate surface area is 131 Å². The molecular weight excluding hydrogens is 302 g/mol. The Bertz CT molecular complexity index is 619. The first-order valence-electron chi connectivity index (χ1n) is 7.68. The van der Waals surface area contributed by atoms with Gasteiger partial charge in [0.25, 0.3) is 0 Å². The van der Waals surface area contributed by atoms with Gasteiger partial charge in [-0.15, -0.1) is 0 Å². The highest BCUT2D eigenvalue weighted by Gasteiger charge is 2.32. The molecule has 3 heterocycles. The van der Waals surface area contributed by atoms with E-state index in [2.05, 4.69) is 4.98 Å². The standard InChI is InChI=1S/C15H21N3O3S/c19-15(12-17-8-10-22(20,21)11-9-17)18-7-3-5-14(18)13-4-1-2-6-16-13/h1-2,4,6,14H,3,5,7-12H2. The molecule has 1 aromatic heterocycles. The number of hydrogen-bond acceptors (Lipinski definition) is 5. The number of sulfone groups is 1. The van der Waals surface area contributed by atoms with Crippen LogP contribution in [-0.4, -0.2) is 66.8 Å². The fourth-order valence-corrected chi connectivity index (χ4v) is 4.41. The van der Waals surface area contributed by atoms with Crippen molar-refractivity contribution in [2.75, 3.05) is 37.7 Å². The minimum atomic E-state index is -2.90. The summed E-state index contributed by atoms with van der Waals surface area (Å²) in [6, 6.07) is 5.84. The zero-order valence-corrected chi connectivity index (χ0v) is 13.3. The molecule has 0 radical (unpaired) electrons. The topological polar surface area (TPSA) is 70.6 Å². The molecule has 120 valence electrons. The van der Waals surface area contributed by atoms with Crippen LogP contribution in [0.1, 0.15) is 24.6 Å². The number of pyridine rings is 1. The number of amides is 1. The van der Waals surface area contributed by atoms with Crippen molar-refractivity contribution < 1.29 is 13.2 Å². The molecule has 2 aliphatic rings. The predicted octanol–water partition coefficient (Wildman–Crippen LogP) is 0.476. The van der Waals surface area contributed by atoms with Gasteiger partial charge in [0, 0.05) is 25.8 Å². The van der Waals surface area contributed by atoms with E-state index < -0.39 is 9.84 Å². The molecule has 0 spiro atoms. The first-order valence-corrected chi connectivity index (χ1v) is 9.50. The van der Waals surface area contributed by atoms with E-state index in [0.717, 1.165) is 25.1 Å². The summed E-state index contributed by atoms with van der Waals surface area (Å²) in [6.07, 6.45) is 3.68. The molecule has 0 bridgehead atoms. The minimum Gasteiger partial charge on any atom is -0.333 e. The van der Waals surface area contributed by atoms with E-state index >= 15 is 0 Å². The number of aromatic nitrogens is 1. The SMILES string of the molecule is O=C(CN1CCS(=O)(=O)CC1)N1CCCC1c1ccccn1. The molecule has 2 aliphatic heterocycles. The van der Waals surface area contributed by atoms with E-state index in [1.165, 1.54) is 0 Å². The van der Waals surface area contributed by atoms with Crippen LogP contribution in [0.25, 0.3) is 0 Å². The van der Waals surface area contributed by atoms with Crippen molar-refractivity contribution in [2.24, 2.45) is 0 Å². The highest BCUT2D eigenvalue weighted by atomic mass is 32.2. The fraction of sp³-hybridized carbons (Fsp3) is 0.600. The van der Waals surface area contributed by atoms with Crippen LogP contribution in [0.5, 0.6) is 0 Å². The Morgan fingerprint density at radius 3 is 2.68 bits per heavy atom. The summed E-state index contributed by atoms with van der Waals surface area (Å²) in [4.78, 5) is 20.8. The van der Waals surface area contributed by atoms with Gasteiger partial charge in [-0.25, -0.2) is 8.42 Å². The van der Waals surface area contributed by atoms with Crippen molar-refractivity contribution in [1.29, 1.82) is 0 Å². The molecule has 22 heavy (non-hydrogen) atoms. The Kier molecular flexibility index (Phi) is 4.44. The van der Waals surface area contributed by atoms with E-state index in [-0.39, 0.29) is 23.5 Å². The van der Waals surface area contributed by atoms with E-state index in [9.17, 15) is 13.2 Å². The molecule has 3 rings (SSSR count). The van der Waals surface area contributed by atoms with Crippen molar-refractivity contribution in [2.45, 2.75) is 18.9 Å². The second-order valence-electron chi connectivity index (χ2n) is 5.93. The quantitative estimate of drug-likeness (QED) is 0.809. The highest BCUT2D eigenvalue weighted by Crippen LogP contribution is 2.30. The monoisotopic (exact) mass is 323 g/mol. The number of carbonyl (C=O) groups excluding carboxylic acids is 1. The van der Waals surface area contributed by atoms with Gasteiger partial charge in [0.2, 0.25) is 5.91 Å². The summed E-state index contributed by atoms with van der Waals surface area (Å²) in [7, 11) is -2.90. The van der Waals surface area contributed by atoms with Gasteiger partial charge in [-0.3, -0.25) is 14.7 Å². The molecule has 1 amide bonds. The molecule has 0 saturated carbocycles. The molecule has 2 saturated heterocycles. The van der Waals surface area contributed by atoms with Gasteiger partial charge < -0.3 is 4.90 Å². The fourth-order valence-electron chi connectivity index (χ4n) is 3.14. The summed E-state index contributed by atoms with van der Waals surface area (Å²) >= 11 is 0. The molecule has 7 heteroatoms. The maximum Gasteiger partial charge on any atom is 0.237 e. The third kappa shape index (κ3) is 3.47. The van der Waals surface area contributed by atoms with Crippen LogP contribution in [0.15, 0.2) is 24.4 Å². The minimum absolute atomic E-state index is 0.0576. The van der Waals surface area contributed by atoms with Gasteiger partial charge in [0.15, 0.2) is 9.84 Å². The lowest BCUT2D eigenvalue weighted by Crippen LogP contribution is -2.46. The van der Waals surface area contributed by atoms with Crippen molar-refractivity contribution in [3.05, 3.63) is 30.1 Å². The first-order chi connectivity index (χ1) is 10.6. The van der Waals surface area contributed by atoms with Gasteiger partial charge >= 0.3 is 0 Å². The second kappa shape index (κ2) is 6.34. The molecule has 6 nitrogen and oxygen atoms in total. The molecule has 1 aromatic rings. The van der Waals surface area contributed by atoms with Gasteiger partial charge in [-0.1, -0.05) is 6.07 Å². The zero-order valence-electron chi connectivity index (χ0n) is 12.5. The summed E-state index contributed by atoms with van der Waals surface area (Å²) in [5.41, 5.74) is 0.939. The van der Waals surface area contributed by atoms with E-state index in [1.807, 2.05) is 28.0 Å². The number of likely N-dealkylation sites (tertiary alicyclic amines) is 1. The van der Waals surface area contributed by atoms with Crippen molar-refractivity contribution in [1.82, 2.24) is 14.8 Å². The Morgan fingerprint density at radius 1 is 1.23 bits per heavy atom. The normalized spacial score (nSPS) is 25.3. The average Bonchev–Trinajstić information content (AvgIpc) is 3.00. The lowest BCUT2D eigenvalue weighted by molar-refractivity contribution is -0.133. The Morgan fingerprint density at radius 2 is 2.00 bits per heavy atom. The van der Waals surface area contributed by atoms with Crippen LogP contribution in [0.3, 0.4) is 0 Å². The summed E-state index contributed by atoms with van der Waals surface area (Å²) in [6.45, 7) is 1.97. The number of rotatable bonds is 3. The summed E-state index contributed by atoms with van der Waals surface area (Å²) in [5.74, 6) is 0.390. The zero-order chi connectivity index (χ0) is 15.6. The Balaban J connectivity index is 1.62. The van der Waals surface area contributed by atoms with Crippen LogP contribution in [0.4, 0.5) is 0 Å². The van der Waals surface area contributed by atoms with Gasteiger partial charge in [-0.2, -0.15) is 0 Å². The second-order valence-corrected chi connectivity index (χ2v) is 8.23. The largest absolute Gasteiger partial charge is 0.333 e. The smallest absolute Gasteiger partial charge is 0.237 e. The third-order valence-electron chi connectivity index (χ3n) is 4.40. The molecule has 0 N–H and O–H groups in total. The molecule has 1 unspecified atom stereocenters. The lowest BCUT2D eigenvalue weighted by atomic mass is 10.1. The summed E-state index contributed by atoms with van der Waals surface area (Å²) in [5, 5.41) is 0. The molecule has 0 aliphatic carbocycles. The number of carbonyl (C=O) groups is 1. The first kappa shape index (κ1) is 15.4. The van der Waals surface area contributed by atoms with Gasteiger partial charge in [0.05, 0.1) is 29.8 Å². The molecule has 0 aromatic carbocycles. The van der Waals surface area contributed by atoms with Crippen molar-refractivity contribution in [3.63, 3.8) is 0 Å². The maximum absolute atomic E-state index is 12.6. The lowest BCUT2D eigenvalue weighted by Gasteiger charge is -2.30. The number of nitrogens with zero attached hydrogens (tertiary/aromatic N) is 3. The highest BCUT2D eigenvalue weighted by molar-refractivity contribution is 7.91.